The Balaban J connectivity index is 1.14. The minimum Gasteiger partial charge on any atom is -0.317 e. The van der Waals surface area contributed by atoms with Gasteiger partial charge in [-0.15, -0.1) is 0 Å². The summed E-state index contributed by atoms with van der Waals surface area (Å²) in [6.07, 6.45) is 5.08. The fraction of sp³-hybridized carbons (Fsp3) is 0.714. The van der Waals surface area contributed by atoms with Crippen molar-refractivity contribution in [3.05, 3.63) is 35.9 Å². The SMILES string of the molecule is FC1(CNC2CC2c2ccccc2)CCN(SCC2CCNCC2)CC1. The van der Waals surface area contributed by atoms with Gasteiger partial charge in [0.1, 0.15) is 5.67 Å². The molecule has 0 radical (unpaired) electrons. The third-order valence-electron chi connectivity index (χ3n) is 6.27. The molecule has 3 nitrogen and oxygen atoms in total. The molecule has 5 heteroatoms. The smallest absolute Gasteiger partial charge is 0.125 e. The molecule has 0 bridgehead atoms. The number of rotatable bonds is 7. The Bertz CT molecular complexity index is 556. The topological polar surface area (TPSA) is 27.3 Å². The van der Waals surface area contributed by atoms with E-state index in [4.69, 9.17) is 0 Å². The van der Waals surface area contributed by atoms with Gasteiger partial charge in [0.25, 0.3) is 0 Å². The van der Waals surface area contributed by atoms with E-state index in [-0.39, 0.29) is 0 Å². The Morgan fingerprint density at radius 3 is 2.62 bits per heavy atom. The molecule has 0 spiro atoms. The molecule has 2 atom stereocenters. The van der Waals surface area contributed by atoms with Gasteiger partial charge in [0.15, 0.2) is 0 Å². The van der Waals surface area contributed by atoms with Gasteiger partial charge in [0, 0.05) is 37.3 Å². The zero-order valence-corrected chi connectivity index (χ0v) is 16.4. The van der Waals surface area contributed by atoms with E-state index >= 15 is 4.39 Å². The van der Waals surface area contributed by atoms with Crippen molar-refractivity contribution in [3.63, 3.8) is 0 Å². The summed E-state index contributed by atoms with van der Waals surface area (Å²) in [5.74, 6) is 2.63. The average molecular weight is 378 g/mol. The third kappa shape index (κ3) is 5.00. The lowest BCUT2D eigenvalue weighted by Gasteiger charge is -2.36. The second-order valence-electron chi connectivity index (χ2n) is 8.31. The van der Waals surface area contributed by atoms with Crippen LogP contribution in [0.3, 0.4) is 0 Å². The van der Waals surface area contributed by atoms with Crippen molar-refractivity contribution >= 4 is 11.9 Å². The zero-order valence-electron chi connectivity index (χ0n) is 15.6. The highest BCUT2D eigenvalue weighted by molar-refractivity contribution is 7.97. The lowest BCUT2D eigenvalue weighted by Crippen LogP contribution is -2.46. The average Bonchev–Trinajstić information content (AvgIpc) is 3.48. The van der Waals surface area contributed by atoms with Gasteiger partial charge in [-0.25, -0.2) is 4.39 Å². The monoisotopic (exact) mass is 377 g/mol. The molecule has 2 heterocycles. The minimum atomic E-state index is -1.02. The Hall–Kier alpha value is -0.620. The molecule has 1 saturated carbocycles. The summed E-state index contributed by atoms with van der Waals surface area (Å²) in [6.45, 7) is 4.63. The molecule has 1 aromatic carbocycles. The van der Waals surface area contributed by atoms with Gasteiger partial charge in [0.05, 0.1) is 0 Å². The van der Waals surface area contributed by atoms with E-state index in [1.54, 1.807) is 0 Å². The molecule has 2 saturated heterocycles. The lowest BCUT2D eigenvalue weighted by molar-refractivity contribution is 0.0902. The summed E-state index contributed by atoms with van der Waals surface area (Å²) in [5, 5.41) is 6.93. The molecular weight excluding hydrogens is 345 g/mol. The maximum absolute atomic E-state index is 15.2. The van der Waals surface area contributed by atoms with Crippen molar-refractivity contribution in [1.29, 1.82) is 0 Å². The standard InChI is InChI=1S/C21H32FN3S/c22-21(16-24-20-14-19(20)18-4-2-1-3-5-18)8-12-25(13-9-21)26-15-17-6-10-23-11-7-17/h1-5,17,19-20,23-24H,6-16H2. The number of hydrogen-bond acceptors (Lipinski definition) is 4. The second-order valence-corrected chi connectivity index (χ2v) is 9.42. The van der Waals surface area contributed by atoms with Crippen molar-refractivity contribution in [2.24, 2.45) is 5.92 Å². The molecule has 1 aliphatic carbocycles. The maximum Gasteiger partial charge on any atom is 0.125 e. The molecule has 2 unspecified atom stereocenters. The quantitative estimate of drug-likeness (QED) is 0.710. The summed E-state index contributed by atoms with van der Waals surface area (Å²) >= 11 is 1.96. The zero-order chi connectivity index (χ0) is 17.8. The van der Waals surface area contributed by atoms with Gasteiger partial charge >= 0.3 is 0 Å². The second kappa shape index (κ2) is 8.59. The Labute approximate surface area is 161 Å². The van der Waals surface area contributed by atoms with E-state index in [1.807, 2.05) is 11.9 Å². The van der Waals surface area contributed by atoms with Gasteiger partial charge in [-0.3, -0.25) is 4.31 Å². The van der Waals surface area contributed by atoms with Crippen LogP contribution in [0.4, 0.5) is 4.39 Å². The highest BCUT2D eigenvalue weighted by Gasteiger charge is 2.41. The Morgan fingerprint density at radius 2 is 1.88 bits per heavy atom. The van der Waals surface area contributed by atoms with Gasteiger partial charge in [0.2, 0.25) is 0 Å². The van der Waals surface area contributed by atoms with Crippen molar-refractivity contribution < 1.29 is 4.39 Å². The number of halogens is 1. The number of piperidine rings is 2. The van der Waals surface area contributed by atoms with Crippen LogP contribution in [-0.2, 0) is 0 Å². The van der Waals surface area contributed by atoms with Crippen LogP contribution >= 0.6 is 11.9 Å². The first kappa shape index (κ1) is 18.7. The lowest BCUT2D eigenvalue weighted by atomic mass is 9.94. The molecule has 3 aliphatic rings. The first-order chi connectivity index (χ1) is 12.7. The van der Waals surface area contributed by atoms with Crippen molar-refractivity contribution in [3.8, 4) is 0 Å². The van der Waals surface area contributed by atoms with E-state index < -0.39 is 5.67 Å². The van der Waals surface area contributed by atoms with Crippen LogP contribution in [0, 0.1) is 5.92 Å². The molecular formula is C21H32FN3S. The molecule has 0 amide bonds. The van der Waals surface area contributed by atoms with Gasteiger partial charge in [-0.2, -0.15) is 0 Å². The van der Waals surface area contributed by atoms with Crippen LogP contribution in [0.15, 0.2) is 30.3 Å². The fourth-order valence-corrected chi connectivity index (χ4v) is 5.45. The largest absolute Gasteiger partial charge is 0.317 e. The van der Waals surface area contributed by atoms with Crippen LogP contribution < -0.4 is 10.6 Å². The van der Waals surface area contributed by atoms with Crippen LogP contribution in [0.1, 0.15) is 43.6 Å². The van der Waals surface area contributed by atoms with Crippen LogP contribution in [0.25, 0.3) is 0 Å². The predicted molar refractivity (Wildman–Crippen MR) is 108 cm³/mol. The van der Waals surface area contributed by atoms with E-state index in [0.717, 1.165) is 38.5 Å². The highest BCUT2D eigenvalue weighted by Crippen LogP contribution is 2.41. The van der Waals surface area contributed by atoms with Gasteiger partial charge in [-0.1, -0.05) is 42.3 Å². The Kier molecular flexibility index (Phi) is 6.19. The summed E-state index contributed by atoms with van der Waals surface area (Å²) in [7, 11) is 0. The number of nitrogens with zero attached hydrogens (tertiary/aromatic N) is 1. The summed E-state index contributed by atoms with van der Waals surface area (Å²) in [4.78, 5) is 0. The molecule has 2 aliphatic heterocycles. The Morgan fingerprint density at radius 1 is 1.15 bits per heavy atom. The summed E-state index contributed by atoms with van der Waals surface area (Å²) in [6, 6.07) is 11.1. The highest BCUT2D eigenvalue weighted by atomic mass is 32.2. The number of benzene rings is 1. The molecule has 26 heavy (non-hydrogen) atoms. The molecule has 4 rings (SSSR count). The first-order valence-corrected chi connectivity index (χ1v) is 11.2. The fourth-order valence-electron chi connectivity index (χ4n) is 4.26. The maximum atomic E-state index is 15.2. The molecule has 3 fully saturated rings. The molecule has 2 N–H and O–H groups in total. The summed E-state index contributed by atoms with van der Waals surface area (Å²) < 4.78 is 17.6. The molecule has 1 aromatic rings. The number of hydrogen-bond donors (Lipinski definition) is 2. The van der Waals surface area contributed by atoms with Crippen LogP contribution in [0.2, 0.25) is 0 Å². The van der Waals surface area contributed by atoms with E-state index in [2.05, 4.69) is 45.3 Å². The summed E-state index contributed by atoms with van der Waals surface area (Å²) in [5.41, 5.74) is 0.373. The molecule has 144 valence electrons. The number of alkyl halides is 1. The van der Waals surface area contributed by atoms with Crippen LogP contribution in [-0.4, -0.2) is 54.5 Å². The van der Waals surface area contributed by atoms with Gasteiger partial charge < -0.3 is 10.6 Å². The normalized spacial score (nSPS) is 29.6. The van der Waals surface area contributed by atoms with E-state index in [0.29, 0.717) is 31.3 Å². The van der Waals surface area contributed by atoms with Crippen molar-refractivity contribution in [2.75, 3.05) is 38.5 Å². The van der Waals surface area contributed by atoms with Gasteiger partial charge in [-0.05, 0) is 56.7 Å². The predicted octanol–water partition coefficient (Wildman–Crippen LogP) is 3.58. The van der Waals surface area contributed by atoms with Crippen molar-refractivity contribution in [2.45, 2.75) is 49.7 Å². The third-order valence-corrected chi connectivity index (χ3v) is 7.62. The first-order valence-electron chi connectivity index (χ1n) is 10.3. The number of nitrogens with one attached hydrogen (secondary N) is 2. The van der Waals surface area contributed by atoms with E-state index in [9.17, 15) is 0 Å². The van der Waals surface area contributed by atoms with Crippen LogP contribution in [0.5, 0.6) is 0 Å². The van der Waals surface area contributed by atoms with E-state index in [1.165, 1.54) is 24.2 Å². The minimum absolute atomic E-state index is 0.470. The molecule has 0 aromatic heterocycles. The van der Waals surface area contributed by atoms with Crippen molar-refractivity contribution in [1.82, 2.24) is 14.9 Å².